The van der Waals surface area contributed by atoms with E-state index in [1.807, 2.05) is 42.5 Å². The number of carbonyl (C=O) groups excluding carboxylic acids is 2. The lowest BCUT2D eigenvalue weighted by Gasteiger charge is -2.10. The number of rotatable bonds is 4. The van der Waals surface area contributed by atoms with E-state index in [0.717, 1.165) is 16.5 Å². The predicted octanol–water partition coefficient (Wildman–Crippen LogP) is 4.66. The Balaban J connectivity index is 1.80. The Kier molecular flexibility index (Phi) is 4.95. The molecule has 2 N–H and O–H groups in total. The van der Waals surface area contributed by atoms with E-state index < -0.39 is 6.09 Å². The van der Waals surface area contributed by atoms with Gasteiger partial charge in [0, 0.05) is 22.3 Å². The highest BCUT2D eigenvalue weighted by molar-refractivity contribution is 6.09. The average Bonchev–Trinajstić information content (AvgIpc) is 2.62. The molecule has 25 heavy (non-hydrogen) atoms. The lowest BCUT2D eigenvalue weighted by atomic mass is 10.1. The molecular weight excluding hydrogens is 316 g/mol. The summed E-state index contributed by atoms with van der Waals surface area (Å²) in [6.07, 6.45) is -0.547. The van der Waals surface area contributed by atoms with E-state index in [0.29, 0.717) is 11.3 Å². The van der Waals surface area contributed by atoms with Gasteiger partial charge in [-0.05, 0) is 36.6 Å². The molecule has 0 saturated carbocycles. The molecule has 0 aromatic heterocycles. The summed E-state index contributed by atoms with van der Waals surface area (Å²) < 4.78 is 4.84. The molecule has 0 aliphatic carbocycles. The summed E-state index contributed by atoms with van der Waals surface area (Å²) >= 11 is 0. The molecule has 3 aromatic rings. The second kappa shape index (κ2) is 7.49. The summed E-state index contributed by atoms with van der Waals surface area (Å²) in [6, 6.07) is 20.3. The number of benzene rings is 3. The van der Waals surface area contributed by atoms with Crippen molar-refractivity contribution in [1.82, 2.24) is 0 Å². The first-order valence-electron chi connectivity index (χ1n) is 8.00. The smallest absolute Gasteiger partial charge is 0.411 e. The van der Waals surface area contributed by atoms with Crippen LogP contribution in [0.4, 0.5) is 16.2 Å². The van der Waals surface area contributed by atoms with E-state index in [1.54, 1.807) is 31.2 Å². The maximum atomic E-state index is 12.6. The quantitative estimate of drug-likeness (QED) is 0.729. The van der Waals surface area contributed by atoms with Crippen LogP contribution in [0.2, 0.25) is 0 Å². The molecule has 0 radical (unpaired) electrons. The molecule has 0 unspecified atom stereocenters. The number of nitrogens with one attached hydrogen (secondary N) is 2. The zero-order valence-electron chi connectivity index (χ0n) is 13.8. The van der Waals surface area contributed by atoms with E-state index in [2.05, 4.69) is 10.6 Å². The van der Waals surface area contributed by atoms with Gasteiger partial charge < -0.3 is 10.1 Å². The molecule has 5 heteroatoms. The van der Waals surface area contributed by atoms with E-state index in [9.17, 15) is 9.59 Å². The Morgan fingerprint density at radius 1 is 0.920 bits per heavy atom. The van der Waals surface area contributed by atoms with Gasteiger partial charge >= 0.3 is 6.09 Å². The Hall–Kier alpha value is -3.34. The van der Waals surface area contributed by atoms with E-state index in [-0.39, 0.29) is 12.5 Å². The third-order valence-electron chi connectivity index (χ3n) is 3.68. The molecule has 0 atom stereocenters. The molecule has 5 nitrogen and oxygen atoms in total. The Morgan fingerprint density at radius 3 is 2.52 bits per heavy atom. The molecule has 0 spiro atoms. The van der Waals surface area contributed by atoms with Crippen LogP contribution in [0.15, 0.2) is 66.7 Å². The van der Waals surface area contributed by atoms with Gasteiger partial charge in [0.1, 0.15) is 0 Å². The number of anilines is 2. The molecule has 0 bridgehead atoms. The lowest BCUT2D eigenvalue weighted by Crippen LogP contribution is -2.15. The second-order valence-electron chi connectivity index (χ2n) is 5.41. The fourth-order valence-corrected chi connectivity index (χ4v) is 2.55. The molecule has 3 rings (SSSR count). The first-order valence-corrected chi connectivity index (χ1v) is 8.00. The minimum Gasteiger partial charge on any atom is -0.450 e. The molecule has 0 heterocycles. The Bertz CT molecular complexity index is 916. The van der Waals surface area contributed by atoms with Gasteiger partial charge in [-0.3, -0.25) is 10.1 Å². The zero-order chi connectivity index (χ0) is 17.6. The number of hydrogen-bond donors (Lipinski definition) is 2. The summed E-state index contributed by atoms with van der Waals surface area (Å²) in [5.41, 5.74) is 1.69. The van der Waals surface area contributed by atoms with Gasteiger partial charge in [-0.15, -0.1) is 0 Å². The fourth-order valence-electron chi connectivity index (χ4n) is 2.55. The van der Waals surface area contributed by atoms with E-state index in [1.165, 1.54) is 0 Å². The lowest BCUT2D eigenvalue weighted by molar-refractivity contribution is 0.102. The van der Waals surface area contributed by atoms with Crippen LogP contribution in [0.1, 0.15) is 17.3 Å². The van der Waals surface area contributed by atoms with Crippen LogP contribution < -0.4 is 10.6 Å². The van der Waals surface area contributed by atoms with Crippen LogP contribution in [0, 0.1) is 0 Å². The summed E-state index contributed by atoms with van der Waals surface area (Å²) in [6.45, 7) is 2.01. The summed E-state index contributed by atoms with van der Waals surface area (Å²) in [5, 5.41) is 7.54. The van der Waals surface area contributed by atoms with Crippen molar-refractivity contribution in [3.8, 4) is 0 Å². The maximum Gasteiger partial charge on any atom is 0.411 e. The largest absolute Gasteiger partial charge is 0.450 e. The van der Waals surface area contributed by atoms with Crippen molar-refractivity contribution in [3.05, 3.63) is 72.3 Å². The van der Waals surface area contributed by atoms with Gasteiger partial charge in [0.15, 0.2) is 0 Å². The van der Waals surface area contributed by atoms with Crippen LogP contribution in [0.5, 0.6) is 0 Å². The average molecular weight is 334 g/mol. The summed E-state index contributed by atoms with van der Waals surface area (Å²) in [5.74, 6) is -0.246. The zero-order valence-corrected chi connectivity index (χ0v) is 13.8. The van der Waals surface area contributed by atoms with Crippen LogP contribution in [0.3, 0.4) is 0 Å². The van der Waals surface area contributed by atoms with Crippen molar-refractivity contribution in [3.63, 3.8) is 0 Å². The number of ether oxygens (including phenoxy) is 1. The first-order chi connectivity index (χ1) is 12.2. The Labute approximate surface area is 145 Å². The minimum atomic E-state index is -0.547. The van der Waals surface area contributed by atoms with Crippen molar-refractivity contribution in [2.24, 2.45) is 0 Å². The predicted molar refractivity (Wildman–Crippen MR) is 99.0 cm³/mol. The minimum absolute atomic E-state index is 0.246. The Morgan fingerprint density at radius 2 is 1.68 bits per heavy atom. The van der Waals surface area contributed by atoms with Crippen molar-refractivity contribution < 1.29 is 14.3 Å². The molecular formula is C20H18N2O3. The number of amides is 2. The fraction of sp³-hybridized carbons (Fsp3) is 0.100. The van der Waals surface area contributed by atoms with Gasteiger partial charge in [0.25, 0.3) is 5.91 Å². The van der Waals surface area contributed by atoms with Crippen LogP contribution in [-0.2, 0) is 4.74 Å². The molecule has 2 amide bonds. The monoisotopic (exact) mass is 334 g/mol. The maximum absolute atomic E-state index is 12.6. The van der Waals surface area contributed by atoms with Crippen molar-refractivity contribution >= 4 is 34.1 Å². The van der Waals surface area contributed by atoms with Gasteiger partial charge in [0.05, 0.1) is 6.61 Å². The van der Waals surface area contributed by atoms with Crippen molar-refractivity contribution in [2.75, 3.05) is 17.2 Å². The number of hydrogen-bond acceptors (Lipinski definition) is 3. The van der Waals surface area contributed by atoms with Crippen LogP contribution >= 0.6 is 0 Å². The van der Waals surface area contributed by atoms with Crippen molar-refractivity contribution in [1.29, 1.82) is 0 Å². The van der Waals surface area contributed by atoms with Crippen LogP contribution in [0.25, 0.3) is 10.8 Å². The van der Waals surface area contributed by atoms with E-state index in [4.69, 9.17) is 4.74 Å². The molecule has 0 aliphatic heterocycles. The third-order valence-corrected chi connectivity index (χ3v) is 3.68. The van der Waals surface area contributed by atoms with E-state index >= 15 is 0 Å². The number of fused-ring (bicyclic) bond motifs is 1. The SMILES string of the molecule is CCOC(=O)Nc1cccc(C(=O)Nc2cccc3ccccc23)c1. The highest BCUT2D eigenvalue weighted by Gasteiger charge is 2.10. The van der Waals surface area contributed by atoms with Gasteiger partial charge in [-0.25, -0.2) is 4.79 Å². The summed E-state index contributed by atoms with van der Waals surface area (Å²) in [4.78, 5) is 24.1. The molecule has 0 fully saturated rings. The highest BCUT2D eigenvalue weighted by Crippen LogP contribution is 2.23. The van der Waals surface area contributed by atoms with Crippen molar-refractivity contribution in [2.45, 2.75) is 6.92 Å². The van der Waals surface area contributed by atoms with Gasteiger partial charge in [-0.1, -0.05) is 42.5 Å². The molecule has 0 saturated heterocycles. The first kappa shape index (κ1) is 16.5. The standard InChI is InChI=1S/C20H18N2O3/c1-2-25-20(24)21-16-10-5-9-15(13-16)19(23)22-18-12-6-8-14-7-3-4-11-17(14)18/h3-13H,2H2,1H3,(H,21,24)(H,22,23). The topological polar surface area (TPSA) is 67.4 Å². The third kappa shape index (κ3) is 3.95. The molecule has 126 valence electrons. The molecule has 0 aliphatic rings. The second-order valence-corrected chi connectivity index (χ2v) is 5.41. The van der Waals surface area contributed by atoms with Crippen LogP contribution in [-0.4, -0.2) is 18.6 Å². The summed E-state index contributed by atoms with van der Waals surface area (Å²) in [7, 11) is 0. The normalized spacial score (nSPS) is 10.3. The highest BCUT2D eigenvalue weighted by atomic mass is 16.5. The number of carbonyl (C=O) groups is 2. The van der Waals surface area contributed by atoms with Gasteiger partial charge in [-0.2, -0.15) is 0 Å². The molecule has 3 aromatic carbocycles. The van der Waals surface area contributed by atoms with Gasteiger partial charge in [0.2, 0.25) is 0 Å².